The van der Waals surface area contributed by atoms with Gasteiger partial charge in [-0.25, -0.2) is 0 Å². The zero-order chi connectivity index (χ0) is 10.6. The Morgan fingerprint density at radius 3 is 2.21 bits per heavy atom. The van der Waals surface area contributed by atoms with E-state index in [1.807, 2.05) is 12.1 Å². The van der Waals surface area contributed by atoms with E-state index in [-0.39, 0.29) is 0 Å². The quantitative estimate of drug-likeness (QED) is 0.774. The molecule has 0 saturated carbocycles. The molecule has 0 bridgehead atoms. The lowest BCUT2D eigenvalue weighted by Crippen LogP contribution is -2.15. The minimum atomic E-state index is -0.733. The molecule has 0 aromatic heterocycles. The molecule has 0 aliphatic heterocycles. The van der Waals surface area contributed by atoms with Crippen molar-refractivity contribution in [2.45, 2.75) is 39.2 Å². The molecular weight excluding hydrogens is 172 g/mol. The summed E-state index contributed by atoms with van der Waals surface area (Å²) in [6.45, 7) is 5.78. The monoisotopic (exact) mass is 191 g/mol. The summed E-state index contributed by atoms with van der Waals surface area (Å²) in [6.07, 6.45) is 4.50. The van der Waals surface area contributed by atoms with Crippen molar-refractivity contribution in [3.8, 4) is 0 Å². The molecular formula is C13H19O. The highest BCUT2D eigenvalue weighted by molar-refractivity contribution is 5.30. The predicted molar refractivity (Wildman–Crippen MR) is 60.0 cm³/mol. The molecule has 1 radical (unpaired) electrons. The Hall–Kier alpha value is -0.820. The van der Waals surface area contributed by atoms with Crippen LogP contribution in [0.5, 0.6) is 0 Å². The minimum Gasteiger partial charge on any atom is -0.386 e. The van der Waals surface area contributed by atoms with Crippen molar-refractivity contribution in [2.75, 3.05) is 0 Å². The maximum absolute atomic E-state index is 9.75. The molecule has 0 aliphatic carbocycles. The van der Waals surface area contributed by atoms with Gasteiger partial charge in [-0.15, -0.1) is 0 Å². The summed E-state index contributed by atoms with van der Waals surface area (Å²) in [5.41, 5.74) is 1.47. The molecule has 0 heterocycles. The van der Waals surface area contributed by atoms with Crippen LogP contribution in [0.1, 0.15) is 44.7 Å². The van der Waals surface area contributed by atoms with Crippen molar-refractivity contribution < 1.29 is 5.11 Å². The average molecular weight is 191 g/mol. The van der Waals surface area contributed by atoms with Gasteiger partial charge in [0.05, 0.1) is 5.60 Å². The second kappa shape index (κ2) is 4.61. The second-order valence-electron chi connectivity index (χ2n) is 4.17. The predicted octanol–water partition coefficient (Wildman–Crippen LogP) is 3.27. The van der Waals surface area contributed by atoms with Crippen molar-refractivity contribution in [1.82, 2.24) is 0 Å². The molecule has 1 rings (SSSR count). The summed E-state index contributed by atoms with van der Waals surface area (Å²) in [6, 6.07) is 8.09. The fraction of sp³-hybridized carbons (Fsp3) is 0.462. The first-order chi connectivity index (χ1) is 6.54. The van der Waals surface area contributed by atoms with Crippen molar-refractivity contribution in [1.29, 1.82) is 0 Å². The summed E-state index contributed by atoms with van der Waals surface area (Å²) in [5.74, 6) is 0. The molecule has 0 unspecified atom stereocenters. The summed E-state index contributed by atoms with van der Waals surface area (Å²) in [4.78, 5) is 0. The number of aliphatic hydroxyl groups is 1. The standard InChI is InChI=1S/C13H19O/c1-4-5-6-11-7-9-12(10-8-11)13(2,3)14/h6-10,14H,4-5H2,1-3H3. The van der Waals surface area contributed by atoms with Crippen LogP contribution in [0.2, 0.25) is 0 Å². The highest BCUT2D eigenvalue weighted by atomic mass is 16.3. The Morgan fingerprint density at radius 2 is 1.79 bits per heavy atom. The van der Waals surface area contributed by atoms with Gasteiger partial charge in [-0.2, -0.15) is 0 Å². The van der Waals surface area contributed by atoms with Gasteiger partial charge in [0.15, 0.2) is 0 Å². The van der Waals surface area contributed by atoms with E-state index in [0.717, 1.165) is 12.0 Å². The smallest absolute Gasteiger partial charge is 0.0840 e. The Kier molecular flexibility index (Phi) is 3.70. The Balaban J connectivity index is 2.69. The van der Waals surface area contributed by atoms with E-state index in [4.69, 9.17) is 0 Å². The van der Waals surface area contributed by atoms with Crippen molar-refractivity contribution in [3.63, 3.8) is 0 Å². The average Bonchev–Trinajstić information content (AvgIpc) is 2.14. The molecule has 0 saturated heterocycles. The van der Waals surface area contributed by atoms with Crippen LogP contribution >= 0.6 is 0 Å². The molecule has 1 aromatic carbocycles. The number of hydrogen-bond donors (Lipinski definition) is 1. The number of rotatable bonds is 4. The van der Waals surface area contributed by atoms with Gasteiger partial charge in [-0.1, -0.05) is 37.6 Å². The van der Waals surface area contributed by atoms with E-state index in [0.29, 0.717) is 0 Å². The highest BCUT2D eigenvalue weighted by Gasteiger charge is 2.14. The first kappa shape index (κ1) is 11.3. The fourth-order valence-corrected chi connectivity index (χ4v) is 1.34. The van der Waals surface area contributed by atoms with Crippen LogP contribution in [-0.2, 0) is 5.60 Å². The molecule has 1 nitrogen and oxygen atoms in total. The van der Waals surface area contributed by atoms with Crippen molar-refractivity contribution in [3.05, 3.63) is 41.8 Å². The van der Waals surface area contributed by atoms with Gasteiger partial charge in [-0.3, -0.25) is 0 Å². The molecule has 0 spiro atoms. The van der Waals surface area contributed by atoms with Gasteiger partial charge in [0.25, 0.3) is 0 Å². The van der Waals surface area contributed by atoms with Crippen molar-refractivity contribution in [2.24, 2.45) is 0 Å². The molecule has 77 valence electrons. The Morgan fingerprint density at radius 1 is 1.21 bits per heavy atom. The molecule has 0 atom stereocenters. The van der Waals surface area contributed by atoms with E-state index in [1.165, 1.54) is 12.0 Å². The first-order valence-electron chi connectivity index (χ1n) is 5.20. The largest absolute Gasteiger partial charge is 0.386 e. The molecule has 1 aromatic rings. The minimum absolute atomic E-state index is 0.733. The molecule has 1 N–H and O–H groups in total. The van der Waals surface area contributed by atoms with Crippen LogP contribution in [0, 0.1) is 6.42 Å². The van der Waals surface area contributed by atoms with Crippen LogP contribution in [0.3, 0.4) is 0 Å². The second-order valence-corrected chi connectivity index (χ2v) is 4.17. The van der Waals surface area contributed by atoms with E-state index < -0.39 is 5.60 Å². The highest BCUT2D eigenvalue weighted by Crippen LogP contribution is 2.20. The Labute approximate surface area is 86.8 Å². The normalized spacial score (nSPS) is 11.7. The summed E-state index contributed by atoms with van der Waals surface area (Å²) in [5, 5.41) is 9.75. The van der Waals surface area contributed by atoms with E-state index in [1.54, 1.807) is 13.8 Å². The topological polar surface area (TPSA) is 20.2 Å². The summed E-state index contributed by atoms with van der Waals surface area (Å²) < 4.78 is 0. The van der Waals surface area contributed by atoms with Crippen LogP contribution < -0.4 is 0 Å². The number of benzene rings is 1. The van der Waals surface area contributed by atoms with Crippen LogP contribution in [0.15, 0.2) is 24.3 Å². The SMILES string of the molecule is CCC[CH]c1ccc(C(C)(C)O)cc1. The lowest BCUT2D eigenvalue weighted by Gasteiger charge is -2.17. The van der Waals surface area contributed by atoms with Gasteiger partial charge < -0.3 is 5.11 Å². The lowest BCUT2D eigenvalue weighted by atomic mass is 9.96. The summed E-state index contributed by atoms with van der Waals surface area (Å²) in [7, 11) is 0. The molecule has 1 heteroatoms. The maximum Gasteiger partial charge on any atom is 0.0840 e. The van der Waals surface area contributed by atoms with Gasteiger partial charge in [-0.05, 0) is 37.8 Å². The van der Waals surface area contributed by atoms with Crippen molar-refractivity contribution >= 4 is 0 Å². The van der Waals surface area contributed by atoms with E-state index in [9.17, 15) is 5.11 Å². The van der Waals surface area contributed by atoms with Crippen LogP contribution in [-0.4, -0.2) is 5.11 Å². The van der Waals surface area contributed by atoms with Gasteiger partial charge in [0, 0.05) is 0 Å². The van der Waals surface area contributed by atoms with Gasteiger partial charge in [0.1, 0.15) is 0 Å². The zero-order valence-electron chi connectivity index (χ0n) is 9.25. The third kappa shape index (κ3) is 3.15. The van der Waals surface area contributed by atoms with E-state index >= 15 is 0 Å². The molecule has 0 fully saturated rings. The first-order valence-corrected chi connectivity index (χ1v) is 5.20. The van der Waals surface area contributed by atoms with Crippen LogP contribution in [0.4, 0.5) is 0 Å². The third-order valence-corrected chi connectivity index (χ3v) is 2.29. The lowest BCUT2D eigenvalue weighted by molar-refractivity contribution is 0.0786. The summed E-state index contributed by atoms with van der Waals surface area (Å²) >= 11 is 0. The van der Waals surface area contributed by atoms with Crippen LogP contribution in [0.25, 0.3) is 0 Å². The zero-order valence-corrected chi connectivity index (χ0v) is 9.25. The third-order valence-electron chi connectivity index (χ3n) is 2.29. The van der Waals surface area contributed by atoms with Gasteiger partial charge in [0.2, 0.25) is 0 Å². The number of unbranched alkanes of at least 4 members (excludes halogenated alkanes) is 1. The Bertz CT molecular complexity index is 266. The van der Waals surface area contributed by atoms with E-state index in [2.05, 4.69) is 25.5 Å². The molecule has 0 amide bonds. The maximum atomic E-state index is 9.75. The molecule has 0 aliphatic rings. The molecule has 14 heavy (non-hydrogen) atoms. The van der Waals surface area contributed by atoms with Gasteiger partial charge >= 0.3 is 0 Å². The fourth-order valence-electron chi connectivity index (χ4n) is 1.34. The number of hydrogen-bond acceptors (Lipinski definition) is 1.